The lowest BCUT2D eigenvalue weighted by Gasteiger charge is -2.28. The van der Waals surface area contributed by atoms with Gasteiger partial charge in [-0.3, -0.25) is 9.69 Å². The molecule has 7 heteroatoms. The molecule has 2 heterocycles. The largest absolute Gasteiger partial charge is 0.379 e. The second kappa shape index (κ2) is 8.03. The number of hydrogen-bond acceptors (Lipinski definition) is 6. The summed E-state index contributed by atoms with van der Waals surface area (Å²) in [6, 6.07) is 7.75. The van der Waals surface area contributed by atoms with Gasteiger partial charge in [0.1, 0.15) is 0 Å². The highest BCUT2D eigenvalue weighted by atomic mass is 16.5. The molecule has 1 amide bonds. The molecule has 1 aliphatic rings. The lowest BCUT2D eigenvalue weighted by Crippen LogP contribution is -2.42. The molecule has 2 aromatic rings. The molecule has 1 aromatic carbocycles. The smallest absolute Gasteiger partial charge is 0.224 e. The maximum Gasteiger partial charge on any atom is 0.224 e. The van der Waals surface area contributed by atoms with Crippen molar-refractivity contribution in [2.24, 2.45) is 5.92 Å². The standard InChI is InChI=1S/C17H22N4O3/c1-13(11-21-6-8-23-9-7-21)17(22)18-10-14-2-4-15(5-3-14)16-19-12-24-20-16/h2-5,12-13H,6-11H2,1H3,(H,18,22)/t13-/m1/s1. The van der Waals surface area contributed by atoms with Crippen LogP contribution in [-0.4, -0.2) is 53.8 Å². The van der Waals surface area contributed by atoms with E-state index in [1.54, 1.807) is 0 Å². The van der Waals surface area contributed by atoms with E-state index in [1.807, 2.05) is 31.2 Å². The van der Waals surface area contributed by atoms with Gasteiger partial charge in [-0.1, -0.05) is 36.3 Å². The molecule has 0 bridgehead atoms. The summed E-state index contributed by atoms with van der Waals surface area (Å²) in [5.41, 5.74) is 1.92. The fourth-order valence-electron chi connectivity index (χ4n) is 2.69. The average Bonchev–Trinajstić information content (AvgIpc) is 3.15. The van der Waals surface area contributed by atoms with Crippen LogP contribution in [0.4, 0.5) is 0 Å². The van der Waals surface area contributed by atoms with Crippen molar-refractivity contribution >= 4 is 5.91 Å². The van der Waals surface area contributed by atoms with Gasteiger partial charge in [-0.25, -0.2) is 0 Å². The fourth-order valence-corrected chi connectivity index (χ4v) is 2.69. The number of nitrogens with one attached hydrogen (secondary N) is 1. The van der Waals surface area contributed by atoms with Crippen molar-refractivity contribution < 1.29 is 14.1 Å². The molecule has 7 nitrogen and oxygen atoms in total. The quantitative estimate of drug-likeness (QED) is 0.860. The Bertz CT molecular complexity index is 636. The van der Waals surface area contributed by atoms with Crippen LogP contribution in [0.1, 0.15) is 12.5 Å². The normalized spacial score (nSPS) is 16.7. The van der Waals surface area contributed by atoms with Crippen LogP contribution in [0.2, 0.25) is 0 Å². The summed E-state index contributed by atoms with van der Waals surface area (Å²) in [5.74, 6) is 0.593. The number of ether oxygens (including phenoxy) is 1. The molecule has 1 N–H and O–H groups in total. The number of carbonyl (C=O) groups is 1. The van der Waals surface area contributed by atoms with Crippen molar-refractivity contribution in [3.05, 3.63) is 36.2 Å². The molecule has 1 atom stereocenters. The number of benzene rings is 1. The van der Waals surface area contributed by atoms with Gasteiger partial charge in [0.2, 0.25) is 18.1 Å². The van der Waals surface area contributed by atoms with Gasteiger partial charge >= 0.3 is 0 Å². The SMILES string of the molecule is C[C@H](CN1CCOCC1)C(=O)NCc1ccc(-c2ncon2)cc1. The van der Waals surface area contributed by atoms with E-state index >= 15 is 0 Å². The minimum atomic E-state index is -0.0401. The second-order valence-electron chi connectivity index (χ2n) is 5.98. The molecule has 0 saturated carbocycles. The highest BCUT2D eigenvalue weighted by Gasteiger charge is 2.18. The third-order valence-corrected chi connectivity index (χ3v) is 4.12. The highest BCUT2D eigenvalue weighted by molar-refractivity contribution is 5.78. The molecule has 24 heavy (non-hydrogen) atoms. The average molecular weight is 330 g/mol. The number of aromatic nitrogens is 2. The summed E-state index contributed by atoms with van der Waals surface area (Å²) in [5, 5.41) is 6.80. The Hall–Kier alpha value is -2.25. The predicted octanol–water partition coefficient (Wildman–Crippen LogP) is 1.32. The van der Waals surface area contributed by atoms with Crippen molar-refractivity contribution in [2.45, 2.75) is 13.5 Å². The first-order chi connectivity index (χ1) is 11.7. The molecular formula is C17H22N4O3. The lowest BCUT2D eigenvalue weighted by atomic mass is 10.1. The predicted molar refractivity (Wildman–Crippen MR) is 88.0 cm³/mol. The first kappa shape index (κ1) is 16.6. The van der Waals surface area contributed by atoms with E-state index < -0.39 is 0 Å². The van der Waals surface area contributed by atoms with E-state index in [9.17, 15) is 4.79 Å². The van der Waals surface area contributed by atoms with Gasteiger partial charge in [-0.05, 0) is 5.56 Å². The van der Waals surface area contributed by atoms with Crippen LogP contribution in [-0.2, 0) is 16.1 Å². The Morgan fingerprint density at radius 3 is 2.71 bits per heavy atom. The summed E-state index contributed by atoms with van der Waals surface area (Å²) in [6.07, 6.45) is 1.30. The Balaban J connectivity index is 1.46. The van der Waals surface area contributed by atoms with E-state index in [1.165, 1.54) is 6.39 Å². The maximum atomic E-state index is 12.2. The molecule has 0 radical (unpaired) electrons. The Kier molecular flexibility index (Phi) is 5.55. The molecule has 128 valence electrons. The van der Waals surface area contributed by atoms with Crippen LogP contribution in [0, 0.1) is 5.92 Å². The van der Waals surface area contributed by atoms with Crippen LogP contribution in [0.15, 0.2) is 35.2 Å². The molecule has 1 aliphatic heterocycles. The van der Waals surface area contributed by atoms with Crippen LogP contribution >= 0.6 is 0 Å². The van der Waals surface area contributed by atoms with Gasteiger partial charge in [-0.15, -0.1) is 0 Å². The molecule has 1 aromatic heterocycles. The van der Waals surface area contributed by atoms with E-state index in [2.05, 4.69) is 20.4 Å². The zero-order chi connectivity index (χ0) is 16.8. The lowest BCUT2D eigenvalue weighted by molar-refractivity contribution is -0.125. The summed E-state index contributed by atoms with van der Waals surface area (Å²) >= 11 is 0. The van der Waals surface area contributed by atoms with E-state index in [0.717, 1.165) is 44.0 Å². The maximum absolute atomic E-state index is 12.2. The summed E-state index contributed by atoms with van der Waals surface area (Å²) < 4.78 is 10.1. The first-order valence-corrected chi connectivity index (χ1v) is 8.16. The van der Waals surface area contributed by atoms with Crippen molar-refractivity contribution in [2.75, 3.05) is 32.8 Å². The van der Waals surface area contributed by atoms with E-state index in [4.69, 9.17) is 9.26 Å². The molecule has 1 saturated heterocycles. The van der Waals surface area contributed by atoms with Gasteiger partial charge < -0.3 is 14.6 Å². The van der Waals surface area contributed by atoms with Crippen molar-refractivity contribution in [1.29, 1.82) is 0 Å². The summed E-state index contributed by atoms with van der Waals surface area (Å²) in [7, 11) is 0. The molecule has 0 aliphatic carbocycles. The van der Waals surface area contributed by atoms with Gasteiger partial charge in [0.15, 0.2) is 0 Å². The highest BCUT2D eigenvalue weighted by Crippen LogP contribution is 2.15. The second-order valence-corrected chi connectivity index (χ2v) is 5.98. The van der Waals surface area contributed by atoms with Gasteiger partial charge in [0.25, 0.3) is 0 Å². The number of amides is 1. The minimum Gasteiger partial charge on any atom is -0.379 e. The number of hydrogen-bond donors (Lipinski definition) is 1. The Morgan fingerprint density at radius 2 is 2.04 bits per heavy atom. The van der Waals surface area contributed by atoms with Crippen LogP contribution in [0.3, 0.4) is 0 Å². The monoisotopic (exact) mass is 330 g/mol. The van der Waals surface area contributed by atoms with Crippen LogP contribution < -0.4 is 5.32 Å². The van der Waals surface area contributed by atoms with E-state index in [0.29, 0.717) is 12.4 Å². The zero-order valence-corrected chi connectivity index (χ0v) is 13.8. The summed E-state index contributed by atoms with van der Waals surface area (Å²) in [4.78, 5) is 18.5. The third-order valence-electron chi connectivity index (χ3n) is 4.12. The first-order valence-electron chi connectivity index (χ1n) is 8.16. The Morgan fingerprint density at radius 1 is 1.29 bits per heavy atom. The number of carbonyl (C=O) groups excluding carboxylic acids is 1. The van der Waals surface area contributed by atoms with Crippen LogP contribution in [0.25, 0.3) is 11.4 Å². The van der Waals surface area contributed by atoms with E-state index in [-0.39, 0.29) is 11.8 Å². The molecule has 0 unspecified atom stereocenters. The topological polar surface area (TPSA) is 80.5 Å². The van der Waals surface area contributed by atoms with Crippen molar-refractivity contribution in [3.8, 4) is 11.4 Å². The molecule has 0 spiro atoms. The fraction of sp³-hybridized carbons (Fsp3) is 0.471. The van der Waals surface area contributed by atoms with Crippen LogP contribution in [0.5, 0.6) is 0 Å². The van der Waals surface area contributed by atoms with Gasteiger partial charge in [-0.2, -0.15) is 4.98 Å². The van der Waals surface area contributed by atoms with Crippen molar-refractivity contribution in [1.82, 2.24) is 20.4 Å². The number of morpholine rings is 1. The molecule has 1 fully saturated rings. The van der Waals surface area contributed by atoms with Crippen molar-refractivity contribution in [3.63, 3.8) is 0 Å². The minimum absolute atomic E-state index is 0.0401. The van der Waals surface area contributed by atoms with Gasteiger partial charge in [0.05, 0.1) is 13.2 Å². The molecule has 3 rings (SSSR count). The Labute approximate surface area is 141 Å². The third kappa shape index (κ3) is 4.39. The number of rotatable bonds is 6. The molecular weight excluding hydrogens is 308 g/mol. The van der Waals surface area contributed by atoms with Gasteiger partial charge in [0, 0.05) is 37.7 Å². The zero-order valence-electron chi connectivity index (χ0n) is 13.8. The number of nitrogens with zero attached hydrogens (tertiary/aromatic N) is 3. The summed E-state index contributed by atoms with van der Waals surface area (Å²) in [6.45, 7) is 6.54.